The number of carboxylic acid groups (broad SMARTS) is 1. The lowest BCUT2D eigenvalue weighted by atomic mass is 10.1. The van der Waals surface area contributed by atoms with Gasteiger partial charge in [0.15, 0.2) is 0 Å². The highest BCUT2D eigenvalue weighted by Gasteiger charge is 2.17. The van der Waals surface area contributed by atoms with Gasteiger partial charge in [0, 0.05) is 13.2 Å². The maximum absolute atomic E-state index is 11.9. The molecule has 1 aliphatic heterocycles. The first-order valence-corrected chi connectivity index (χ1v) is 6.93. The van der Waals surface area contributed by atoms with E-state index in [9.17, 15) is 14.7 Å². The van der Waals surface area contributed by atoms with Crippen molar-refractivity contribution < 1.29 is 19.4 Å². The molecule has 1 amide bonds. The zero-order valence-electron chi connectivity index (χ0n) is 11.9. The Balaban J connectivity index is 2.01. The smallest absolute Gasteiger partial charge is 0.262 e. The maximum Gasteiger partial charge on any atom is 0.262 e. The average Bonchev–Trinajstić information content (AvgIpc) is 3.04. The standard InChI is InChI=1S/C16H16N2O4/c17-9-13(15(19)18-10-14-2-1-7-22-14)8-11-3-5-12(6-4-11)16(20)21/h3-6,8,14H,1-2,7,10H2,(H,18,19)(H,20,21)/p-1/b13-8+/t14-/m1/s1. The SMILES string of the molecule is N#C/C(=C\c1ccc(C(=O)[O-])cc1)C(=O)NC[C@H]1CCCO1. The highest BCUT2D eigenvalue weighted by molar-refractivity contribution is 6.01. The van der Waals surface area contributed by atoms with E-state index < -0.39 is 11.9 Å². The average molecular weight is 299 g/mol. The molecule has 1 heterocycles. The fraction of sp³-hybridized carbons (Fsp3) is 0.312. The third-order valence-corrected chi connectivity index (χ3v) is 3.34. The van der Waals surface area contributed by atoms with E-state index in [0.29, 0.717) is 18.7 Å². The summed E-state index contributed by atoms with van der Waals surface area (Å²) >= 11 is 0. The summed E-state index contributed by atoms with van der Waals surface area (Å²) in [5.41, 5.74) is 0.562. The van der Waals surface area contributed by atoms with Crippen molar-refractivity contribution in [2.45, 2.75) is 18.9 Å². The van der Waals surface area contributed by atoms with Gasteiger partial charge in [-0.3, -0.25) is 4.79 Å². The maximum atomic E-state index is 11.9. The first-order chi connectivity index (χ1) is 10.6. The molecule has 0 saturated carbocycles. The molecule has 1 aromatic rings. The largest absolute Gasteiger partial charge is 0.545 e. The Kier molecular flexibility index (Phi) is 5.28. The van der Waals surface area contributed by atoms with E-state index in [4.69, 9.17) is 10.00 Å². The number of benzene rings is 1. The Bertz CT molecular complexity index is 623. The van der Waals surface area contributed by atoms with E-state index in [1.54, 1.807) is 0 Å². The number of nitrogens with zero attached hydrogens (tertiary/aromatic N) is 1. The van der Waals surface area contributed by atoms with E-state index in [1.165, 1.54) is 30.3 Å². The fourth-order valence-corrected chi connectivity index (χ4v) is 2.14. The number of ether oxygens (including phenoxy) is 1. The highest BCUT2D eigenvalue weighted by Crippen LogP contribution is 2.12. The van der Waals surface area contributed by atoms with Gasteiger partial charge in [-0.1, -0.05) is 24.3 Å². The third kappa shape index (κ3) is 4.17. The van der Waals surface area contributed by atoms with Crippen LogP contribution in [0.2, 0.25) is 0 Å². The monoisotopic (exact) mass is 299 g/mol. The number of nitrogens with one attached hydrogen (secondary N) is 1. The van der Waals surface area contributed by atoms with Crippen LogP contribution in [-0.2, 0) is 9.53 Å². The summed E-state index contributed by atoms with van der Waals surface area (Å²) in [5.74, 6) is -1.74. The summed E-state index contributed by atoms with van der Waals surface area (Å²) in [7, 11) is 0. The van der Waals surface area contributed by atoms with Crippen LogP contribution in [-0.4, -0.2) is 31.1 Å². The number of carboxylic acids is 1. The van der Waals surface area contributed by atoms with E-state index >= 15 is 0 Å². The first kappa shape index (κ1) is 15.7. The molecular weight excluding hydrogens is 284 g/mol. The van der Waals surface area contributed by atoms with Crippen LogP contribution in [0.5, 0.6) is 0 Å². The van der Waals surface area contributed by atoms with Crippen molar-refractivity contribution in [2.75, 3.05) is 13.2 Å². The molecule has 0 aromatic heterocycles. The number of carbonyl (C=O) groups is 2. The van der Waals surface area contributed by atoms with Crippen molar-refractivity contribution in [3.8, 4) is 6.07 Å². The third-order valence-electron chi connectivity index (χ3n) is 3.34. The summed E-state index contributed by atoms with van der Waals surface area (Å²) in [6.07, 6.45) is 3.29. The molecule has 2 rings (SSSR count). The summed E-state index contributed by atoms with van der Waals surface area (Å²) in [4.78, 5) is 22.6. The number of amides is 1. The summed E-state index contributed by atoms with van der Waals surface area (Å²) < 4.78 is 5.39. The predicted octanol–water partition coefficient (Wildman–Crippen LogP) is 0.252. The van der Waals surface area contributed by atoms with Crippen LogP contribution in [0.25, 0.3) is 6.08 Å². The minimum absolute atomic E-state index is 0.00578. The summed E-state index contributed by atoms with van der Waals surface area (Å²) in [6, 6.07) is 7.59. The van der Waals surface area contributed by atoms with Crippen molar-refractivity contribution >= 4 is 18.0 Å². The second-order valence-electron chi connectivity index (χ2n) is 4.92. The van der Waals surface area contributed by atoms with Gasteiger partial charge in [0.2, 0.25) is 0 Å². The molecule has 1 atom stereocenters. The molecule has 0 bridgehead atoms. The number of rotatable bonds is 5. The van der Waals surface area contributed by atoms with Gasteiger partial charge in [-0.05, 0) is 30.0 Å². The van der Waals surface area contributed by atoms with Gasteiger partial charge in [0.25, 0.3) is 5.91 Å². The normalized spacial score (nSPS) is 17.8. The topological polar surface area (TPSA) is 102 Å². The molecule has 1 saturated heterocycles. The lowest BCUT2D eigenvalue weighted by Gasteiger charge is -2.10. The van der Waals surface area contributed by atoms with Crippen LogP contribution in [0, 0.1) is 11.3 Å². The quantitative estimate of drug-likeness (QED) is 0.620. The molecule has 1 N–H and O–H groups in total. The minimum Gasteiger partial charge on any atom is -0.545 e. The van der Waals surface area contributed by atoms with Crippen LogP contribution in [0.1, 0.15) is 28.8 Å². The van der Waals surface area contributed by atoms with Gasteiger partial charge >= 0.3 is 0 Å². The second kappa shape index (κ2) is 7.38. The van der Waals surface area contributed by atoms with Crippen LogP contribution in [0.4, 0.5) is 0 Å². The fourth-order valence-electron chi connectivity index (χ4n) is 2.14. The number of carbonyl (C=O) groups excluding carboxylic acids is 2. The van der Waals surface area contributed by atoms with Gasteiger partial charge in [0.05, 0.1) is 12.1 Å². The van der Waals surface area contributed by atoms with Gasteiger partial charge in [-0.25, -0.2) is 0 Å². The molecule has 114 valence electrons. The second-order valence-corrected chi connectivity index (χ2v) is 4.92. The van der Waals surface area contributed by atoms with Gasteiger partial charge in [-0.15, -0.1) is 0 Å². The molecule has 0 aliphatic carbocycles. The van der Waals surface area contributed by atoms with Crippen LogP contribution < -0.4 is 10.4 Å². The molecule has 1 aliphatic rings. The molecule has 0 spiro atoms. The zero-order valence-corrected chi connectivity index (χ0v) is 11.9. The number of aromatic carboxylic acids is 1. The van der Waals surface area contributed by atoms with Gasteiger partial charge < -0.3 is 20.0 Å². The van der Waals surface area contributed by atoms with Gasteiger partial charge in [-0.2, -0.15) is 5.26 Å². The molecule has 0 unspecified atom stereocenters. The van der Waals surface area contributed by atoms with Crippen LogP contribution in [0.15, 0.2) is 29.8 Å². The Morgan fingerprint density at radius 1 is 1.41 bits per heavy atom. The lowest BCUT2D eigenvalue weighted by Crippen LogP contribution is -2.32. The molecule has 6 nitrogen and oxygen atoms in total. The van der Waals surface area contributed by atoms with Crippen molar-refractivity contribution in [3.05, 3.63) is 41.0 Å². The Labute approximate surface area is 128 Å². The van der Waals surface area contributed by atoms with Crippen molar-refractivity contribution in [3.63, 3.8) is 0 Å². The number of hydrogen-bond acceptors (Lipinski definition) is 5. The van der Waals surface area contributed by atoms with E-state index in [2.05, 4.69) is 5.32 Å². The number of nitriles is 1. The Morgan fingerprint density at radius 3 is 2.68 bits per heavy atom. The number of hydrogen-bond donors (Lipinski definition) is 1. The molecule has 22 heavy (non-hydrogen) atoms. The van der Waals surface area contributed by atoms with E-state index in [-0.39, 0.29) is 17.2 Å². The first-order valence-electron chi connectivity index (χ1n) is 6.93. The lowest BCUT2D eigenvalue weighted by molar-refractivity contribution is -0.255. The molecule has 1 aromatic carbocycles. The van der Waals surface area contributed by atoms with Crippen molar-refractivity contribution in [1.82, 2.24) is 5.32 Å². The highest BCUT2D eigenvalue weighted by atomic mass is 16.5. The molecule has 1 fully saturated rings. The van der Waals surface area contributed by atoms with Gasteiger partial charge in [0.1, 0.15) is 11.6 Å². The minimum atomic E-state index is -1.27. The van der Waals surface area contributed by atoms with E-state index in [0.717, 1.165) is 12.8 Å². The summed E-state index contributed by atoms with van der Waals surface area (Å²) in [6.45, 7) is 1.08. The van der Waals surface area contributed by atoms with Crippen molar-refractivity contribution in [2.24, 2.45) is 0 Å². The van der Waals surface area contributed by atoms with Crippen molar-refractivity contribution in [1.29, 1.82) is 5.26 Å². The Hall–Kier alpha value is -2.65. The summed E-state index contributed by atoms with van der Waals surface area (Å²) in [5, 5.41) is 22.4. The molecule has 6 heteroatoms. The van der Waals surface area contributed by atoms with Crippen LogP contribution >= 0.6 is 0 Å². The van der Waals surface area contributed by atoms with Crippen LogP contribution in [0.3, 0.4) is 0 Å². The zero-order chi connectivity index (χ0) is 15.9. The Morgan fingerprint density at radius 2 is 2.14 bits per heavy atom. The molecule has 0 radical (unpaired) electrons. The predicted molar refractivity (Wildman–Crippen MR) is 76.3 cm³/mol. The van der Waals surface area contributed by atoms with E-state index in [1.807, 2.05) is 6.07 Å². The molecular formula is C16H15N2O4-.